The number of thiophene rings is 1. The lowest BCUT2D eigenvalue weighted by Gasteiger charge is -2.17. The fourth-order valence-corrected chi connectivity index (χ4v) is 4.24. The maximum absolute atomic E-state index is 13.3. The predicted molar refractivity (Wildman–Crippen MR) is 113 cm³/mol. The molecule has 0 saturated heterocycles. The van der Waals surface area contributed by atoms with E-state index in [9.17, 15) is 9.59 Å². The standard InChI is InChI=1S/C22H19N3O2S/c1-13-7-6-10-16(11-13)20-24-21-17(22(27)25(20)14(2)19(23)26)12-18(28-21)15-8-4-3-5-9-15/h3-12,14H,1-2H3,(H2,23,26). The van der Waals surface area contributed by atoms with Crippen LogP contribution in [0.3, 0.4) is 0 Å². The van der Waals surface area contributed by atoms with Gasteiger partial charge in [0.15, 0.2) is 0 Å². The maximum Gasteiger partial charge on any atom is 0.263 e. The Bertz CT molecular complexity index is 1240. The number of aromatic nitrogens is 2. The molecule has 0 spiro atoms. The average molecular weight is 389 g/mol. The number of amides is 1. The zero-order valence-electron chi connectivity index (χ0n) is 15.5. The van der Waals surface area contributed by atoms with Gasteiger partial charge in [-0.25, -0.2) is 4.98 Å². The van der Waals surface area contributed by atoms with Crippen molar-refractivity contribution in [3.8, 4) is 21.8 Å². The molecule has 0 aliphatic rings. The highest BCUT2D eigenvalue weighted by atomic mass is 32.1. The molecule has 6 heteroatoms. The van der Waals surface area contributed by atoms with Crippen molar-refractivity contribution in [1.29, 1.82) is 0 Å². The zero-order valence-corrected chi connectivity index (χ0v) is 16.4. The van der Waals surface area contributed by atoms with Gasteiger partial charge in [0.05, 0.1) is 5.39 Å². The van der Waals surface area contributed by atoms with E-state index in [-0.39, 0.29) is 5.56 Å². The van der Waals surface area contributed by atoms with Crippen molar-refractivity contribution < 1.29 is 4.79 Å². The average Bonchev–Trinajstić information content (AvgIpc) is 3.13. The van der Waals surface area contributed by atoms with Gasteiger partial charge in [0.1, 0.15) is 16.7 Å². The zero-order chi connectivity index (χ0) is 19.8. The minimum atomic E-state index is -0.806. The third-order valence-electron chi connectivity index (χ3n) is 4.73. The first-order valence-electron chi connectivity index (χ1n) is 8.93. The van der Waals surface area contributed by atoms with E-state index in [1.165, 1.54) is 15.9 Å². The van der Waals surface area contributed by atoms with Crippen molar-refractivity contribution in [3.05, 3.63) is 76.6 Å². The molecule has 1 atom stereocenters. The van der Waals surface area contributed by atoms with Crippen molar-refractivity contribution in [2.24, 2.45) is 5.73 Å². The van der Waals surface area contributed by atoms with E-state index >= 15 is 0 Å². The van der Waals surface area contributed by atoms with Crippen molar-refractivity contribution >= 4 is 27.5 Å². The number of carbonyl (C=O) groups is 1. The number of primary amides is 1. The maximum atomic E-state index is 13.3. The summed E-state index contributed by atoms with van der Waals surface area (Å²) in [6, 6.07) is 18.6. The first-order chi connectivity index (χ1) is 13.5. The molecule has 5 nitrogen and oxygen atoms in total. The minimum absolute atomic E-state index is 0.258. The molecule has 2 aromatic heterocycles. The molecule has 0 aliphatic carbocycles. The number of hydrogen-bond donors (Lipinski definition) is 1. The van der Waals surface area contributed by atoms with Crippen molar-refractivity contribution in [3.63, 3.8) is 0 Å². The second-order valence-electron chi connectivity index (χ2n) is 6.75. The Hall–Kier alpha value is -3.25. The van der Waals surface area contributed by atoms with E-state index in [2.05, 4.69) is 0 Å². The monoisotopic (exact) mass is 389 g/mol. The molecule has 4 rings (SSSR count). The van der Waals surface area contributed by atoms with E-state index in [1.54, 1.807) is 6.92 Å². The number of rotatable bonds is 4. The molecule has 4 aromatic rings. The molecule has 0 fully saturated rings. The van der Waals surface area contributed by atoms with Crippen molar-refractivity contribution in [2.75, 3.05) is 0 Å². The van der Waals surface area contributed by atoms with Crippen LogP contribution in [0, 0.1) is 6.92 Å². The van der Waals surface area contributed by atoms with Crippen LogP contribution in [-0.2, 0) is 4.79 Å². The lowest BCUT2D eigenvalue weighted by molar-refractivity contribution is -0.120. The Balaban J connectivity index is 2.03. The van der Waals surface area contributed by atoms with Gasteiger partial charge in [-0.15, -0.1) is 11.3 Å². The molecule has 28 heavy (non-hydrogen) atoms. The van der Waals surface area contributed by atoms with Crippen LogP contribution in [0.15, 0.2) is 65.5 Å². The van der Waals surface area contributed by atoms with Crippen LogP contribution in [0.5, 0.6) is 0 Å². The van der Waals surface area contributed by atoms with Gasteiger partial charge >= 0.3 is 0 Å². The summed E-state index contributed by atoms with van der Waals surface area (Å²) in [7, 11) is 0. The van der Waals surface area contributed by atoms with E-state index in [4.69, 9.17) is 10.7 Å². The number of hydrogen-bond acceptors (Lipinski definition) is 4. The molecule has 0 aliphatic heterocycles. The third kappa shape index (κ3) is 3.12. The summed E-state index contributed by atoms with van der Waals surface area (Å²) in [5, 5.41) is 0.494. The Morgan fingerprint density at radius 3 is 2.46 bits per heavy atom. The molecule has 0 saturated carbocycles. The van der Waals surface area contributed by atoms with Crippen molar-refractivity contribution in [2.45, 2.75) is 19.9 Å². The van der Waals surface area contributed by atoms with Crippen LogP contribution in [0.2, 0.25) is 0 Å². The Morgan fingerprint density at radius 2 is 1.79 bits per heavy atom. The second-order valence-corrected chi connectivity index (χ2v) is 7.78. The Morgan fingerprint density at radius 1 is 1.07 bits per heavy atom. The molecular weight excluding hydrogens is 370 g/mol. The molecule has 140 valence electrons. The van der Waals surface area contributed by atoms with Gasteiger partial charge in [-0.05, 0) is 31.5 Å². The molecule has 2 heterocycles. The summed E-state index contributed by atoms with van der Waals surface area (Å²) >= 11 is 1.47. The summed E-state index contributed by atoms with van der Waals surface area (Å²) in [4.78, 5) is 31.6. The van der Waals surface area contributed by atoms with Crippen molar-refractivity contribution in [1.82, 2.24) is 9.55 Å². The summed E-state index contributed by atoms with van der Waals surface area (Å²) in [5.74, 6) is -0.121. The highest BCUT2D eigenvalue weighted by Crippen LogP contribution is 2.33. The molecular formula is C22H19N3O2S. The molecule has 2 aromatic carbocycles. The second kappa shape index (κ2) is 7.05. The number of benzene rings is 2. The van der Waals surface area contributed by atoms with Crippen LogP contribution in [-0.4, -0.2) is 15.5 Å². The number of fused-ring (bicyclic) bond motifs is 1. The third-order valence-corrected chi connectivity index (χ3v) is 5.81. The lowest BCUT2D eigenvalue weighted by Crippen LogP contribution is -2.33. The first kappa shape index (κ1) is 18.1. The van der Waals surface area contributed by atoms with Crippen LogP contribution in [0.1, 0.15) is 18.5 Å². The van der Waals surface area contributed by atoms with E-state index < -0.39 is 11.9 Å². The number of nitrogens with two attached hydrogens (primary N) is 1. The molecule has 0 radical (unpaired) electrons. The fourth-order valence-electron chi connectivity index (χ4n) is 3.21. The Kier molecular flexibility index (Phi) is 4.57. The van der Waals surface area contributed by atoms with Gasteiger partial charge in [0.2, 0.25) is 5.91 Å². The van der Waals surface area contributed by atoms with E-state index in [1.807, 2.05) is 67.6 Å². The van der Waals surface area contributed by atoms with Gasteiger partial charge < -0.3 is 5.73 Å². The lowest BCUT2D eigenvalue weighted by atomic mass is 10.1. The molecule has 1 amide bonds. The van der Waals surface area contributed by atoms with Crippen LogP contribution in [0.4, 0.5) is 0 Å². The number of aryl methyl sites for hydroxylation is 1. The number of carbonyl (C=O) groups excluding carboxylic acids is 1. The summed E-state index contributed by atoms with van der Waals surface area (Å²) < 4.78 is 1.40. The van der Waals surface area contributed by atoms with Crippen LogP contribution in [0.25, 0.3) is 32.0 Å². The van der Waals surface area contributed by atoms with Gasteiger partial charge in [0, 0.05) is 10.4 Å². The highest BCUT2D eigenvalue weighted by Gasteiger charge is 2.22. The fraction of sp³-hybridized carbons (Fsp3) is 0.136. The smallest absolute Gasteiger partial charge is 0.263 e. The Labute approximate surface area is 166 Å². The predicted octanol–water partition coefficient (Wildman–Crippen LogP) is 4.15. The summed E-state index contributed by atoms with van der Waals surface area (Å²) in [6.07, 6.45) is 0. The van der Waals surface area contributed by atoms with E-state index in [0.717, 1.165) is 21.6 Å². The molecule has 2 N–H and O–H groups in total. The molecule has 1 unspecified atom stereocenters. The molecule has 0 bridgehead atoms. The van der Waals surface area contributed by atoms with Gasteiger partial charge in [-0.2, -0.15) is 0 Å². The quantitative estimate of drug-likeness (QED) is 0.570. The summed E-state index contributed by atoms with van der Waals surface area (Å²) in [6.45, 7) is 3.60. The summed E-state index contributed by atoms with van der Waals surface area (Å²) in [5.41, 5.74) is 8.12. The van der Waals surface area contributed by atoms with Gasteiger partial charge in [-0.3, -0.25) is 14.2 Å². The van der Waals surface area contributed by atoms with Gasteiger partial charge in [0.25, 0.3) is 5.56 Å². The van der Waals surface area contributed by atoms with Crippen LogP contribution < -0.4 is 11.3 Å². The minimum Gasteiger partial charge on any atom is -0.368 e. The normalized spacial score (nSPS) is 12.2. The number of nitrogens with zero attached hydrogens (tertiary/aromatic N) is 2. The SMILES string of the molecule is Cc1cccc(-c2nc3sc(-c4ccccc4)cc3c(=O)n2C(C)C(N)=O)c1. The van der Waals surface area contributed by atoms with E-state index in [0.29, 0.717) is 16.0 Å². The topological polar surface area (TPSA) is 78.0 Å². The first-order valence-corrected chi connectivity index (χ1v) is 9.75. The van der Waals surface area contributed by atoms with Gasteiger partial charge in [-0.1, -0.05) is 54.1 Å². The van der Waals surface area contributed by atoms with Crippen LogP contribution >= 0.6 is 11.3 Å². The highest BCUT2D eigenvalue weighted by molar-refractivity contribution is 7.21. The largest absolute Gasteiger partial charge is 0.368 e.